The van der Waals surface area contributed by atoms with Crippen molar-refractivity contribution in [2.45, 2.75) is 19.0 Å². The van der Waals surface area contributed by atoms with Crippen LogP contribution in [0, 0.1) is 0 Å². The molecule has 0 saturated carbocycles. The molecule has 0 heterocycles. The third-order valence-corrected chi connectivity index (χ3v) is 5.19. The van der Waals surface area contributed by atoms with Crippen LogP contribution < -0.4 is 10.1 Å². The van der Waals surface area contributed by atoms with E-state index in [1.807, 2.05) is 30.3 Å². The van der Waals surface area contributed by atoms with E-state index in [9.17, 15) is 19.5 Å². The first-order valence-corrected chi connectivity index (χ1v) is 10.6. The van der Waals surface area contributed by atoms with Crippen molar-refractivity contribution in [1.29, 1.82) is 0 Å². The first-order valence-electron chi connectivity index (χ1n) is 10.2. The lowest BCUT2D eigenvalue weighted by Crippen LogP contribution is -2.42. The van der Waals surface area contributed by atoms with Crippen molar-refractivity contribution in [1.82, 2.24) is 10.2 Å². The Labute approximate surface area is 196 Å². The third-order valence-electron chi connectivity index (χ3n) is 4.86. The van der Waals surface area contributed by atoms with Crippen LogP contribution >= 0.6 is 11.6 Å². The number of nitrogens with one attached hydrogen (secondary N) is 1. The predicted octanol–water partition coefficient (Wildman–Crippen LogP) is 4.40. The summed E-state index contributed by atoms with van der Waals surface area (Å²) >= 11 is 6.02. The summed E-state index contributed by atoms with van der Waals surface area (Å²) in [5.74, 6) is -1.41. The molecule has 0 unspecified atom stereocenters. The van der Waals surface area contributed by atoms with E-state index in [0.29, 0.717) is 17.9 Å². The first kappa shape index (κ1) is 23.8. The van der Waals surface area contributed by atoms with Gasteiger partial charge in [0.1, 0.15) is 11.8 Å². The molecule has 170 valence electrons. The molecule has 1 atom stereocenters. The maximum Gasteiger partial charge on any atom is 0.415 e. The highest BCUT2D eigenvalue weighted by Crippen LogP contribution is 2.17. The Hall–Kier alpha value is -3.84. The van der Waals surface area contributed by atoms with Gasteiger partial charge in [0, 0.05) is 20.0 Å². The summed E-state index contributed by atoms with van der Waals surface area (Å²) in [4.78, 5) is 37.9. The van der Waals surface area contributed by atoms with Crippen LogP contribution in [0.1, 0.15) is 21.5 Å². The number of nitrogens with zero attached hydrogens (tertiary/aromatic N) is 1. The Morgan fingerprint density at radius 3 is 2.21 bits per heavy atom. The second kappa shape index (κ2) is 11.2. The molecule has 3 aromatic carbocycles. The van der Waals surface area contributed by atoms with Crippen LogP contribution in [0.4, 0.5) is 4.79 Å². The molecule has 3 rings (SSSR count). The van der Waals surface area contributed by atoms with Gasteiger partial charge in [0.2, 0.25) is 0 Å². The number of carboxylic acids is 1. The fraction of sp³-hybridized carbons (Fsp3) is 0.160. The van der Waals surface area contributed by atoms with Crippen LogP contribution in [0.15, 0.2) is 78.9 Å². The number of aliphatic carboxylic acids is 1. The van der Waals surface area contributed by atoms with Gasteiger partial charge in [0.15, 0.2) is 0 Å². The predicted molar refractivity (Wildman–Crippen MR) is 124 cm³/mol. The normalized spacial score (nSPS) is 11.3. The van der Waals surface area contributed by atoms with Crippen molar-refractivity contribution in [2.75, 3.05) is 7.05 Å². The van der Waals surface area contributed by atoms with E-state index >= 15 is 0 Å². The van der Waals surface area contributed by atoms with Crippen molar-refractivity contribution in [2.24, 2.45) is 0 Å². The average Bonchev–Trinajstić information content (AvgIpc) is 2.80. The molecular formula is C25H23ClN2O5. The average molecular weight is 467 g/mol. The highest BCUT2D eigenvalue weighted by Gasteiger charge is 2.22. The van der Waals surface area contributed by atoms with Crippen LogP contribution in [0.5, 0.6) is 5.75 Å². The molecule has 0 aromatic heterocycles. The van der Waals surface area contributed by atoms with Gasteiger partial charge < -0.3 is 20.1 Å². The van der Waals surface area contributed by atoms with Crippen LogP contribution in [0.25, 0.3) is 0 Å². The molecule has 0 aliphatic rings. The molecule has 2 amide bonds. The Morgan fingerprint density at radius 1 is 0.939 bits per heavy atom. The minimum Gasteiger partial charge on any atom is -0.480 e. The molecule has 0 radical (unpaired) electrons. The SMILES string of the molecule is CN(Cc1ccccc1)C(=O)Oc1ccc(C[C@H](NC(=O)c2ccccc2Cl)C(=O)O)cc1. The Morgan fingerprint density at radius 2 is 1.58 bits per heavy atom. The molecule has 0 bridgehead atoms. The zero-order valence-corrected chi connectivity index (χ0v) is 18.7. The molecule has 3 aromatic rings. The van der Waals surface area contributed by atoms with Crippen molar-refractivity contribution in [3.63, 3.8) is 0 Å². The highest BCUT2D eigenvalue weighted by atomic mass is 35.5. The van der Waals surface area contributed by atoms with Gasteiger partial charge >= 0.3 is 12.1 Å². The van der Waals surface area contributed by atoms with Gasteiger partial charge in [-0.05, 0) is 35.4 Å². The van der Waals surface area contributed by atoms with E-state index in [4.69, 9.17) is 16.3 Å². The summed E-state index contributed by atoms with van der Waals surface area (Å²) < 4.78 is 5.38. The van der Waals surface area contributed by atoms with Crippen molar-refractivity contribution in [3.05, 3.63) is 101 Å². The summed E-state index contributed by atoms with van der Waals surface area (Å²) in [7, 11) is 1.64. The lowest BCUT2D eigenvalue weighted by atomic mass is 10.1. The van der Waals surface area contributed by atoms with Crippen molar-refractivity contribution >= 4 is 29.6 Å². The molecule has 33 heavy (non-hydrogen) atoms. The zero-order chi connectivity index (χ0) is 23.8. The molecule has 0 aliphatic heterocycles. The van der Waals surface area contributed by atoms with Gasteiger partial charge in [0.05, 0.1) is 10.6 Å². The van der Waals surface area contributed by atoms with Crippen LogP contribution in [0.2, 0.25) is 5.02 Å². The molecule has 7 nitrogen and oxygen atoms in total. The summed E-state index contributed by atoms with van der Waals surface area (Å²) in [6, 6.07) is 21.3. The maximum absolute atomic E-state index is 12.4. The Kier molecular flexibility index (Phi) is 8.05. The molecule has 0 aliphatic carbocycles. The number of rotatable bonds is 8. The Bertz CT molecular complexity index is 1120. The lowest BCUT2D eigenvalue weighted by molar-refractivity contribution is -0.139. The maximum atomic E-state index is 12.4. The second-order valence-corrected chi connectivity index (χ2v) is 7.81. The fourth-order valence-corrected chi connectivity index (χ4v) is 3.33. The van der Waals surface area contributed by atoms with Crippen molar-refractivity contribution in [3.8, 4) is 5.75 Å². The van der Waals surface area contributed by atoms with E-state index < -0.39 is 24.0 Å². The number of carboxylic acid groups (broad SMARTS) is 1. The lowest BCUT2D eigenvalue weighted by Gasteiger charge is -2.17. The monoisotopic (exact) mass is 466 g/mol. The van der Waals surface area contributed by atoms with E-state index in [-0.39, 0.29) is 17.0 Å². The zero-order valence-electron chi connectivity index (χ0n) is 17.9. The number of hydrogen-bond donors (Lipinski definition) is 2. The van der Waals surface area contributed by atoms with Gasteiger partial charge in [-0.15, -0.1) is 0 Å². The van der Waals surface area contributed by atoms with E-state index in [1.165, 1.54) is 11.0 Å². The van der Waals surface area contributed by atoms with E-state index in [0.717, 1.165) is 5.56 Å². The van der Waals surface area contributed by atoms with E-state index in [1.54, 1.807) is 49.5 Å². The number of hydrogen-bond acceptors (Lipinski definition) is 4. The number of ether oxygens (including phenoxy) is 1. The largest absolute Gasteiger partial charge is 0.480 e. The van der Waals surface area contributed by atoms with Crippen LogP contribution in [-0.4, -0.2) is 41.1 Å². The minimum atomic E-state index is -1.17. The number of halogens is 1. The minimum absolute atomic E-state index is 0.0493. The molecule has 2 N–H and O–H groups in total. The first-order chi connectivity index (χ1) is 15.8. The summed E-state index contributed by atoms with van der Waals surface area (Å²) in [6.45, 7) is 0.406. The topological polar surface area (TPSA) is 95.9 Å². The number of amides is 2. The fourth-order valence-electron chi connectivity index (χ4n) is 3.11. The summed E-state index contributed by atoms with van der Waals surface area (Å²) in [6.07, 6.45) is -0.463. The van der Waals surface area contributed by atoms with Gasteiger partial charge in [-0.1, -0.05) is 66.2 Å². The molecule has 0 spiro atoms. The molecular weight excluding hydrogens is 444 g/mol. The number of benzene rings is 3. The van der Waals surface area contributed by atoms with Crippen LogP contribution in [0.3, 0.4) is 0 Å². The quantitative estimate of drug-likeness (QED) is 0.513. The standard InChI is InChI=1S/C25H23ClN2O5/c1-28(16-18-7-3-2-4-8-18)25(32)33-19-13-11-17(12-14-19)15-22(24(30)31)27-23(29)20-9-5-6-10-21(20)26/h2-14,22H,15-16H2,1H3,(H,27,29)(H,30,31)/t22-/m0/s1. The molecule has 0 saturated heterocycles. The number of carbonyl (C=O) groups is 3. The van der Waals surface area contributed by atoms with E-state index in [2.05, 4.69) is 5.32 Å². The molecule has 8 heteroatoms. The summed E-state index contributed by atoms with van der Waals surface area (Å²) in [5.41, 5.74) is 1.83. The van der Waals surface area contributed by atoms with Crippen molar-refractivity contribution < 1.29 is 24.2 Å². The van der Waals surface area contributed by atoms with Gasteiger partial charge in [-0.3, -0.25) is 4.79 Å². The second-order valence-electron chi connectivity index (χ2n) is 7.40. The Balaban J connectivity index is 1.58. The van der Waals surface area contributed by atoms with Gasteiger partial charge in [0.25, 0.3) is 5.91 Å². The van der Waals surface area contributed by atoms with Gasteiger partial charge in [-0.25, -0.2) is 9.59 Å². The van der Waals surface area contributed by atoms with Crippen LogP contribution in [-0.2, 0) is 17.8 Å². The smallest absolute Gasteiger partial charge is 0.415 e. The third kappa shape index (κ3) is 6.82. The molecule has 0 fully saturated rings. The summed E-state index contributed by atoms with van der Waals surface area (Å²) in [5, 5.41) is 12.3. The highest BCUT2D eigenvalue weighted by molar-refractivity contribution is 6.33. The number of carbonyl (C=O) groups excluding carboxylic acids is 2. The van der Waals surface area contributed by atoms with Gasteiger partial charge in [-0.2, -0.15) is 0 Å².